The number of aliphatic imine (C=N–C) groups is 1. The summed E-state index contributed by atoms with van der Waals surface area (Å²) >= 11 is 0. The van der Waals surface area contributed by atoms with Crippen LogP contribution in [0.1, 0.15) is 5.56 Å². The maximum Gasteiger partial charge on any atom is 0.416 e. The standard InChI is InChI=1S/C9H6F3NO/c10-9(11,12)6-1-2-8-7(5-6)13-3-4-14-8/h1-3,5H,4H2. The Kier molecular flexibility index (Phi) is 1.94. The molecule has 0 saturated heterocycles. The Morgan fingerprint density at radius 2 is 2.07 bits per heavy atom. The SMILES string of the molecule is FC(F)(F)c1ccc2c(c1)N=CCO2. The number of fused-ring (bicyclic) bond motifs is 1. The van der Waals surface area contributed by atoms with E-state index in [1.54, 1.807) is 0 Å². The summed E-state index contributed by atoms with van der Waals surface area (Å²) < 4.78 is 41.9. The van der Waals surface area contributed by atoms with Crippen LogP contribution in [-0.2, 0) is 6.18 Å². The molecular formula is C9H6F3NO. The van der Waals surface area contributed by atoms with Gasteiger partial charge >= 0.3 is 6.18 Å². The summed E-state index contributed by atoms with van der Waals surface area (Å²) in [5.41, 5.74) is -0.482. The first kappa shape index (κ1) is 9.05. The lowest BCUT2D eigenvalue weighted by Crippen LogP contribution is -2.07. The van der Waals surface area contributed by atoms with E-state index in [9.17, 15) is 13.2 Å². The summed E-state index contributed by atoms with van der Waals surface area (Å²) in [5, 5.41) is 0. The predicted molar refractivity (Wildman–Crippen MR) is 45.1 cm³/mol. The fraction of sp³-hybridized carbons (Fsp3) is 0.222. The van der Waals surface area contributed by atoms with Crippen LogP contribution in [0.4, 0.5) is 18.9 Å². The molecule has 0 saturated carbocycles. The average molecular weight is 201 g/mol. The number of nitrogens with zero attached hydrogens (tertiary/aromatic N) is 1. The molecule has 0 fully saturated rings. The number of halogens is 3. The van der Waals surface area contributed by atoms with Gasteiger partial charge in [-0.3, -0.25) is 4.99 Å². The van der Waals surface area contributed by atoms with Gasteiger partial charge in [0, 0.05) is 6.21 Å². The number of hydrogen-bond acceptors (Lipinski definition) is 2. The highest BCUT2D eigenvalue weighted by atomic mass is 19.4. The highest BCUT2D eigenvalue weighted by Crippen LogP contribution is 2.36. The topological polar surface area (TPSA) is 21.6 Å². The molecule has 0 spiro atoms. The van der Waals surface area contributed by atoms with Gasteiger partial charge in [0.25, 0.3) is 0 Å². The van der Waals surface area contributed by atoms with Gasteiger partial charge < -0.3 is 4.74 Å². The van der Waals surface area contributed by atoms with Crippen LogP contribution in [0.5, 0.6) is 5.75 Å². The van der Waals surface area contributed by atoms with Crippen LogP contribution in [0.15, 0.2) is 23.2 Å². The summed E-state index contributed by atoms with van der Waals surface area (Å²) in [7, 11) is 0. The molecule has 14 heavy (non-hydrogen) atoms. The lowest BCUT2D eigenvalue weighted by Gasteiger charge is -2.13. The van der Waals surface area contributed by atoms with Gasteiger partial charge in [0.2, 0.25) is 0 Å². The lowest BCUT2D eigenvalue weighted by atomic mass is 10.2. The largest absolute Gasteiger partial charge is 0.486 e. The van der Waals surface area contributed by atoms with Crippen molar-refractivity contribution >= 4 is 11.9 Å². The Morgan fingerprint density at radius 3 is 2.79 bits per heavy atom. The first-order valence-electron chi connectivity index (χ1n) is 3.94. The first-order valence-corrected chi connectivity index (χ1v) is 3.94. The van der Waals surface area contributed by atoms with Gasteiger partial charge in [-0.05, 0) is 18.2 Å². The van der Waals surface area contributed by atoms with Gasteiger partial charge in [-0.2, -0.15) is 13.2 Å². The van der Waals surface area contributed by atoms with Crippen molar-refractivity contribution < 1.29 is 17.9 Å². The fourth-order valence-corrected chi connectivity index (χ4v) is 1.18. The minimum absolute atomic E-state index is 0.228. The second-order valence-electron chi connectivity index (χ2n) is 2.80. The van der Waals surface area contributed by atoms with Crippen LogP contribution >= 0.6 is 0 Å². The van der Waals surface area contributed by atoms with E-state index in [-0.39, 0.29) is 5.69 Å². The van der Waals surface area contributed by atoms with Crippen LogP contribution in [0.3, 0.4) is 0 Å². The molecule has 0 aliphatic carbocycles. The Hall–Kier alpha value is -1.52. The third-order valence-electron chi connectivity index (χ3n) is 1.83. The van der Waals surface area contributed by atoms with Crippen molar-refractivity contribution in [2.24, 2.45) is 4.99 Å². The van der Waals surface area contributed by atoms with Gasteiger partial charge in [0.15, 0.2) is 0 Å². The van der Waals surface area contributed by atoms with Crippen molar-refractivity contribution in [1.82, 2.24) is 0 Å². The van der Waals surface area contributed by atoms with E-state index < -0.39 is 11.7 Å². The molecule has 5 heteroatoms. The van der Waals surface area contributed by atoms with Gasteiger partial charge in [-0.25, -0.2) is 0 Å². The number of rotatable bonds is 0. The van der Waals surface area contributed by atoms with Crippen LogP contribution in [0.25, 0.3) is 0 Å². The zero-order chi connectivity index (χ0) is 10.2. The Balaban J connectivity index is 2.45. The summed E-state index contributed by atoms with van der Waals surface area (Å²) in [4.78, 5) is 3.82. The van der Waals surface area contributed by atoms with E-state index in [2.05, 4.69) is 4.99 Å². The van der Waals surface area contributed by atoms with Gasteiger partial charge in [0.1, 0.15) is 18.0 Å². The van der Waals surface area contributed by atoms with Crippen LogP contribution < -0.4 is 4.74 Å². The van der Waals surface area contributed by atoms with Crippen molar-refractivity contribution in [3.05, 3.63) is 23.8 Å². The van der Waals surface area contributed by atoms with Gasteiger partial charge in [-0.15, -0.1) is 0 Å². The molecule has 1 aromatic carbocycles. The number of hydrogen-bond donors (Lipinski definition) is 0. The number of ether oxygens (including phenoxy) is 1. The highest BCUT2D eigenvalue weighted by Gasteiger charge is 2.31. The Morgan fingerprint density at radius 1 is 1.29 bits per heavy atom. The molecule has 1 aliphatic heterocycles. The third kappa shape index (κ3) is 1.57. The van der Waals surface area contributed by atoms with E-state index in [0.29, 0.717) is 12.4 Å². The zero-order valence-electron chi connectivity index (χ0n) is 7.01. The average Bonchev–Trinajstić information content (AvgIpc) is 2.16. The first-order chi connectivity index (χ1) is 6.57. The zero-order valence-corrected chi connectivity index (χ0v) is 7.01. The van der Waals surface area contributed by atoms with Crippen molar-refractivity contribution in [1.29, 1.82) is 0 Å². The molecule has 0 radical (unpaired) electrons. The van der Waals surface area contributed by atoms with Crippen molar-refractivity contribution in [3.8, 4) is 5.75 Å². The fourth-order valence-electron chi connectivity index (χ4n) is 1.18. The summed E-state index contributed by atoms with van der Waals surface area (Å²) in [5.74, 6) is 0.389. The van der Waals surface area contributed by atoms with Crippen molar-refractivity contribution in [2.45, 2.75) is 6.18 Å². The molecule has 0 aromatic heterocycles. The lowest BCUT2D eigenvalue weighted by molar-refractivity contribution is -0.137. The molecule has 0 N–H and O–H groups in total. The molecule has 1 aromatic rings. The monoisotopic (exact) mass is 201 g/mol. The maximum absolute atomic E-state index is 12.3. The normalized spacial score (nSPS) is 14.8. The molecule has 0 bridgehead atoms. The molecule has 2 nitrogen and oxygen atoms in total. The van der Waals surface area contributed by atoms with E-state index in [1.165, 1.54) is 12.3 Å². The van der Waals surface area contributed by atoms with E-state index >= 15 is 0 Å². The van der Waals surface area contributed by atoms with Crippen LogP contribution in [-0.4, -0.2) is 12.8 Å². The Labute approximate surface area is 78.0 Å². The molecular weight excluding hydrogens is 195 g/mol. The summed E-state index contributed by atoms with van der Waals surface area (Å²) in [6.45, 7) is 0.304. The Bertz CT molecular complexity index is 384. The van der Waals surface area contributed by atoms with E-state index in [4.69, 9.17) is 4.74 Å². The third-order valence-corrected chi connectivity index (χ3v) is 1.83. The number of alkyl halides is 3. The molecule has 0 amide bonds. The molecule has 1 aliphatic rings. The van der Waals surface area contributed by atoms with Gasteiger partial charge in [-0.1, -0.05) is 0 Å². The molecule has 74 valence electrons. The van der Waals surface area contributed by atoms with Crippen molar-refractivity contribution in [2.75, 3.05) is 6.61 Å². The van der Waals surface area contributed by atoms with Gasteiger partial charge in [0.05, 0.1) is 5.56 Å². The second kappa shape index (κ2) is 3.01. The number of benzene rings is 1. The summed E-state index contributed by atoms with van der Waals surface area (Å²) in [6.07, 6.45) is -2.90. The van der Waals surface area contributed by atoms with Crippen LogP contribution in [0.2, 0.25) is 0 Å². The second-order valence-corrected chi connectivity index (χ2v) is 2.80. The van der Waals surface area contributed by atoms with Crippen molar-refractivity contribution in [3.63, 3.8) is 0 Å². The van der Waals surface area contributed by atoms with E-state index in [1.807, 2.05) is 0 Å². The smallest absolute Gasteiger partial charge is 0.416 e. The molecule has 2 rings (SSSR count). The maximum atomic E-state index is 12.3. The predicted octanol–water partition coefficient (Wildman–Crippen LogP) is 2.80. The minimum atomic E-state index is -4.33. The van der Waals surface area contributed by atoms with E-state index in [0.717, 1.165) is 12.1 Å². The van der Waals surface area contributed by atoms with Crippen LogP contribution in [0, 0.1) is 0 Å². The quantitative estimate of drug-likeness (QED) is 0.632. The summed E-state index contributed by atoms with van der Waals surface area (Å²) in [6, 6.07) is 3.25. The molecule has 0 atom stereocenters. The highest BCUT2D eigenvalue weighted by molar-refractivity contribution is 5.71. The minimum Gasteiger partial charge on any atom is -0.486 e. The molecule has 0 unspecified atom stereocenters. The molecule has 1 heterocycles.